The van der Waals surface area contributed by atoms with Crippen LogP contribution in [0, 0.1) is 0 Å². The van der Waals surface area contributed by atoms with Gasteiger partial charge in [-0.15, -0.1) is 0 Å². The lowest BCUT2D eigenvalue weighted by molar-refractivity contribution is -0.145. The number of nitrogens with zero attached hydrogens (tertiary/aromatic N) is 2. The number of rotatable bonds is 13. The highest BCUT2D eigenvalue weighted by Gasteiger charge is 2.44. The normalized spacial score (nSPS) is 18.5. The highest BCUT2D eigenvalue weighted by molar-refractivity contribution is 7.89. The molecule has 1 heterocycles. The summed E-state index contributed by atoms with van der Waals surface area (Å²) >= 11 is 0. The van der Waals surface area contributed by atoms with Gasteiger partial charge in [0.2, 0.25) is 27.5 Å². The number of guanidine groups is 1. The van der Waals surface area contributed by atoms with E-state index in [1.165, 1.54) is 18.7 Å². The molecule has 0 spiro atoms. The highest BCUT2D eigenvalue weighted by Crippen LogP contribution is 2.23. The lowest BCUT2D eigenvalue weighted by atomic mass is 9.87. The molecule has 0 radical (unpaired) electrons. The molecule has 1 aromatic rings. The Hall–Kier alpha value is -2.83. The van der Waals surface area contributed by atoms with Crippen molar-refractivity contribution < 1.29 is 22.8 Å². The van der Waals surface area contributed by atoms with Gasteiger partial charge in [-0.2, -0.15) is 0 Å². The van der Waals surface area contributed by atoms with E-state index in [4.69, 9.17) is 17.2 Å². The number of nitrogens with two attached hydrogens (primary N) is 3. The maximum Gasteiger partial charge on any atom is 0.241 e. The van der Waals surface area contributed by atoms with Crippen LogP contribution in [0.25, 0.3) is 0 Å². The fourth-order valence-corrected chi connectivity index (χ4v) is 4.82. The van der Waals surface area contributed by atoms with Gasteiger partial charge >= 0.3 is 0 Å². The van der Waals surface area contributed by atoms with E-state index in [9.17, 15) is 22.8 Å². The van der Waals surface area contributed by atoms with Crippen LogP contribution < -0.4 is 21.9 Å². The molecule has 0 aromatic heterocycles. The van der Waals surface area contributed by atoms with E-state index in [1.54, 1.807) is 24.3 Å². The first kappa shape index (κ1) is 28.4. The molecule has 3 atom stereocenters. The summed E-state index contributed by atoms with van der Waals surface area (Å²) in [5, 5.41) is 0. The van der Waals surface area contributed by atoms with Crippen LogP contribution in [0.4, 0.5) is 0 Å². The van der Waals surface area contributed by atoms with Crippen molar-refractivity contribution in [3.63, 3.8) is 0 Å². The second kappa shape index (κ2) is 12.2. The zero-order chi connectivity index (χ0) is 26.2. The monoisotopic (exact) mass is 508 g/mol. The first-order chi connectivity index (χ1) is 16.4. The third kappa shape index (κ3) is 8.11. The highest BCUT2D eigenvalue weighted by atomic mass is 32.2. The minimum Gasteiger partial charge on any atom is -0.370 e. The predicted octanol–water partition coefficient (Wildman–Crippen LogP) is -0.563. The molecule has 11 nitrogen and oxygen atoms in total. The summed E-state index contributed by atoms with van der Waals surface area (Å²) < 4.78 is 27.1. The average Bonchev–Trinajstić information content (AvgIpc) is 3.30. The number of ketones is 2. The third-order valence-electron chi connectivity index (χ3n) is 6.01. The third-order valence-corrected chi connectivity index (χ3v) is 7.42. The first-order valence-electron chi connectivity index (χ1n) is 11.6. The second-order valence-corrected chi connectivity index (χ2v) is 11.0. The Bertz CT molecular complexity index is 1040. The van der Waals surface area contributed by atoms with E-state index < -0.39 is 45.1 Å². The van der Waals surface area contributed by atoms with Crippen molar-refractivity contribution in [2.24, 2.45) is 22.2 Å². The van der Waals surface area contributed by atoms with E-state index in [1.807, 2.05) is 6.07 Å². The minimum atomic E-state index is -3.71. The van der Waals surface area contributed by atoms with Crippen molar-refractivity contribution >= 4 is 33.5 Å². The van der Waals surface area contributed by atoms with Gasteiger partial charge in [0.15, 0.2) is 5.96 Å². The average molecular weight is 509 g/mol. The molecule has 0 bridgehead atoms. The van der Waals surface area contributed by atoms with E-state index in [0.717, 1.165) is 5.56 Å². The Kier molecular flexibility index (Phi) is 9.92. The van der Waals surface area contributed by atoms with Gasteiger partial charge in [0.1, 0.15) is 6.04 Å². The lowest BCUT2D eigenvalue weighted by Crippen LogP contribution is -2.57. The van der Waals surface area contributed by atoms with Gasteiger partial charge in [-0.3, -0.25) is 19.4 Å². The maximum absolute atomic E-state index is 13.5. The SMILES string of the molecule is CCS(=O)(=O)N[C@@H](Cc1ccccc1)C(=O)N1CCC[C@H]1C(=O)C(=O)[C@@](C)(N)CCCN=C(N)N. The smallest absolute Gasteiger partial charge is 0.241 e. The zero-order valence-electron chi connectivity index (χ0n) is 20.3. The molecule has 1 aliphatic heterocycles. The van der Waals surface area contributed by atoms with Crippen molar-refractivity contribution in [1.82, 2.24) is 9.62 Å². The van der Waals surface area contributed by atoms with Crippen LogP contribution in [-0.2, 0) is 30.8 Å². The van der Waals surface area contributed by atoms with Crippen LogP contribution in [-0.4, -0.2) is 73.2 Å². The van der Waals surface area contributed by atoms with Crippen LogP contribution in [0.5, 0.6) is 0 Å². The molecular weight excluding hydrogens is 472 g/mol. The summed E-state index contributed by atoms with van der Waals surface area (Å²) in [6.07, 6.45) is 1.51. The van der Waals surface area contributed by atoms with Crippen LogP contribution in [0.2, 0.25) is 0 Å². The Morgan fingerprint density at radius 3 is 2.49 bits per heavy atom. The van der Waals surface area contributed by atoms with Gasteiger partial charge in [-0.25, -0.2) is 13.1 Å². The molecule has 0 saturated carbocycles. The number of benzene rings is 1. The van der Waals surface area contributed by atoms with E-state index in [2.05, 4.69) is 9.71 Å². The number of aliphatic imine (C=N–C) groups is 1. The number of Topliss-reactive ketones (excluding diaryl/α,β-unsaturated/α-hetero) is 2. The number of amides is 1. The fraction of sp³-hybridized carbons (Fsp3) is 0.565. The van der Waals surface area contributed by atoms with Gasteiger partial charge in [-0.1, -0.05) is 30.3 Å². The number of nitrogens with one attached hydrogen (secondary N) is 1. The molecule has 1 amide bonds. The molecule has 2 rings (SSSR count). The van der Waals surface area contributed by atoms with Crippen molar-refractivity contribution in [2.75, 3.05) is 18.8 Å². The molecule has 1 aromatic carbocycles. The summed E-state index contributed by atoms with van der Waals surface area (Å²) in [5.74, 6) is -2.34. The van der Waals surface area contributed by atoms with Crippen LogP contribution >= 0.6 is 0 Å². The van der Waals surface area contributed by atoms with Crippen molar-refractivity contribution in [1.29, 1.82) is 0 Å². The summed E-state index contributed by atoms with van der Waals surface area (Å²) in [7, 11) is -3.71. The number of likely N-dealkylation sites (tertiary alicyclic amines) is 1. The predicted molar refractivity (Wildman–Crippen MR) is 134 cm³/mol. The van der Waals surface area contributed by atoms with Crippen molar-refractivity contribution in [2.45, 2.75) is 63.6 Å². The number of hydrogen-bond donors (Lipinski definition) is 4. The van der Waals surface area contributed by atoms with E-state index in [-0.39, 0.29) is 37.6 Å². The number of sulfonamides is 1. The number of carbonyl (C=O) groups is 3. The van der Waals surface area contributed by atoms with Crippen molar-refractivity contribution in [3.8, 4) is 0 Å². The van der Waals surface area contributed by atoms with Crippen LogP contribution in [0.3, 0.4) is 0 Å². The molecule has 1 saturated heterocycles. The van der Waals surface area contributed by atoms with Gasteiger partial charge < -0.3 is 22.1 Å². The van der Waals surface area contributed by atoms with Gasteiger partial charge in [0.25, 0.3) is 0 Å². The summed E-state index contributed by atoms with van der Waals surface area (Å²) in [6, 6.07) is 6.90. The number of carbonyl (C=O) groups excluding carboxylic acids is 3. The molecule has 35 heavy (non-hydrogen) atoms. The summed E-state index contributed by atoms with van der Waals surface area (Å²) in [6.45, 7) is 3.46. The van der Waals surface area contributed by atoms with E-state index in [0.29, 0.717) is 19.3 Å². The van der Waals surface area contributed by atoms with Gasteiger partial charge in [-0.05, 0) is 51.5 Å². The Morgan fingerprint density at radius 2 is 1.89 bits per heavy atom. The molecule has 1 fully saturated rings. The fourth-order valence-electron chi connectivity index (χ4n) is 4.03. The lowest BCUT2D eigenvalue weighted by Gasteiger charge is -2.30. The zero-order valence-corrected chi connectivity index (χ0v) is 21.1. The quantitative estimate of drug-likeness (QED) is 0.118. The van der Waals surface area contributed by atoms with Gasteiger partial charge in [0, 0.05) is 13.1 Å². The standard InChI is InChI=1S/C23H36N6O5S/c1-3-35(33,34)28-17(15-16-9-5-4-6-10-16)21(32)29-14-7-11-18(29)19(30)20(31)23(2,26)12-8-13-27-22(24)25/h4-6,9-10,17-18,28H,3,7-8,11-15,26H2,1-2H3,(H4,24,25,27)/t17-,18-,23-/m0/s1. The molecule has 0 unspecified atom stereocenters. The molecule has 1 aliphatic rings. The van der Waals surface area contributed by atoms with E-state index >= 15 is 0 Å². The minimum absolute atomic E-state index is 0.0741. The number of hydrogen-bond acceptors (Lipinski definition) is 7. The van der Waals surface area contributed by atoms with Crippen molar-refractivity contribution in [3.05, 3.63) is 35.9 Å². The van der Waals surface area contributed by atoms with Crippen LogP contribution in [0.1, 0.15) is 45.1 Å². The molecule has 194 valence electrons. The molecule has 0 aliphatic carbocycles. The topological polar surface area (TPSA) is 191 Å². The van der Waals surface area contributed by atoms with Crippen LogP contribution in [0.15, 0.2) is 35.3 Å². The molecule has 7 N–H and O–H groups in total. The largest absolute Gasteiger partial charge is 0.370 e. The Balaban J connectivity index is 2.19. The summed E-state index contributed by atoms with van der Waals surface area (Å²) in [4.78, 5) is 44.7. The Labute approximate surface area is 206 Å². The second-order valence-electron chi connectivity index (χ2n) is 8.97. The maximum atomic E-state index is 13.5. The molecular formula is C23H36N6O5S. The molecule has 12 heteroatoms. The Morgan fingerprint density at radius 1 is 1.23 bits per heavy atom. The first-order valence-corrected chi connectivity index (χ1v) is 13.3. The summed E-state index contributed by atoms with van der Waals surface area (Å²) in [5.41, 5.74) is 16.1. The van der Waals surface area contributed by atoms with Gasteiger partial charge in [0.05, 0.1) is 17.3 Å².